The normalized spacial score (nSPS) is 19.5. The van der Waals surface area contributed by atoms with Gasteiger partial charge in [0.2, 0.25) is 5.96 Å². The molecule has 0 amide bonds. The number of halogens is 2. The van der Waals surface area contributed by atoms with Crippen LogP contribution in [0, 0.1) is 0 Å². The smallest absolute Gasteiger partial charge is 0.223 e. The third-order valence-corrected chi connectivity index (χ3v) is 5.13. The number of hydrogen-bond acceptors (Lipinski definition) is 5. The lowest BCUT2D eigenvalue weighted by Crippen LogP contribution is -2.52. The van der Waals surface area contributed by atoms with E-state index in [1.54, 1.807) is 6.08 Å². The van der Waals surface area contributed by atoms with Gasteiger partial charge in [-0.15, -0.1) is 6.58 Å². The Balaban J connectivity index is 0.000000817. The van der Waals surface area contributed by atoms with Crippen LogP contribution in [0.15, 0.2) is 34.9 Å². The third-order valence-electron chi connectivity index (χ3n) is 4.41. The minimum Gasteiger partial charge on any atom is -0.338 e. The highest BCUT2D eigenvalue weighted by molar-refractivity contribution is 6.42. The first-order chi connectivity index (χ1) is 12.8. The Morgan fingerprint density at radius 2 is 1.74 bits per heavy atom. The molecule has 0 aliphatic carbocycles. The van der Waals surface area contributed by atoms with E-state index in [-0.39, 0.29) is 6.04 Å². The average Bonchev–Trinajstić information content (AvgIpc) is 2.60. The fourth-order valence-corrected chi connectivity index (χ4v) is 3.35. The van der Waals surface area contributed by atoms with Gasteiger partial charge in [0.1, 0.15) is 0 Å². The summed E-state index contributed by atoms with van der Waals surface area (Å²) in [5.41, 5.74) is 2.92. The number of hydrazone groups is 1. The number of allylic oxidation sites excluding steroid dienone is 1. The Kier molecular flexibility index (Phi) is 7.71. The van der Waals surface area contributed by atoms with Crippen LogP contribution in [0.3, 0.4) is 0 Å². The zero-order chi connectivity index (χ0) is 20.1. The largest absolute Gasteiger partial charge is 0.338 e. The van der Waals surface area contributed by atoms with Crippen molar-refractivity contribution in [1.82, 2.24) is 14.8 Å². The molecule has 1 unspecified atom stereocenters. The number of aliphatic imine (C=N–C) groups is 1. The molecule has 0 saturated carbocycles. The van der Waals surface area contributed by atoms with E-state index in [4.69, 9.17) is 33.3 Å². The van der Waals surface area contributed by atoms with Crippen LogP contribution in [0.4, 0.5) is 5.69 Å². The minimum atomic E-state index is 0.0526. The molecule has 0 spiro atoms. The molecule has 2 aliphatic rings. The van der Waals surface area contributed by atoms with Crippen LogP contribution >= 0.6 is 23.2 Å². The van der Waals surface area contributed by atoms with Crippen molar-refractivity contribution in [3.63, 3.8) is 0 Å². The molecule has 7 heteroatoms. The molecule has 1 fully saturated rings. The maximum Gasteiger partial charge on any atom is 0.223 e. The second-order valence-corrected chi connectivity index (χ2v) is 7.82. The Hall–Kier alpha value is -1.56. The molecular weight excluding hydrogens is 381 g/mol. The predicted octanol–water partition coefficient (Wildman–Crippen LogP) is 5.19. The number of likely N-dealkylation sites (N-methyl/N-ethyl adjacent to an activating group) is 1. The van der Waals surface area contributed by atoms with Crippen LogP contribution in [-0.2, 0) is 0 Å². The van der Waals surface area contributed by atoms with E-state index in [0.717, 1.165) is 49.1 Å². The lowest BCUT2D eigenvalue weighted by molar-refractivity contribution is 0.186. The molecule has 1 aromatic carbocycles. The van der Waals surface area contributed by atoms with Crippen LogP contribution in [0.1, 0.15) is 39.3 Å². The molecular formula is C20H29Cl2N5. The van der Waals surface area contributed by atoms with E-state index >= 15 is 0 Å². The summed E-state index contributed by atoms with van der Waals surface area (Å²) < 4.78 is 0. The van der Waals surface area contributed by atoms with Crippen molar-refractivity contribution in [3.05, 3.63) is 40.4 Å². The van der Waals surface area contributed by atoms with Gasteiger partial charge in [-0.2, -0.15) is 5.10 Å². The molecule has 2 heterocycles. The van der Waals surface area contributed by atoms with Gasteiger partial charge in [0.05, 0.1) is 21.8 Å². The van der Waals surface area contributed by atoms with Gasteiger partial charge < -0.3 is 9.80 Å². The molecule has 2 aliphatic heterocycles. The number of rotatable bonds is 1. The van der Waals surface area contributed by atoms with Crippen molar-refractivity contribution in [1.29, 1.82) is 0 Å². The number of piperazine rings is 1. The van der Waals surface area contributed by atoms with Crippen LogP contribution < -0.4 is 0 Å². The summed E-state index contributed by atoms with van der Waals surface area (Å²) in [4.78, 5) is 9.51. The summed E-state index contributed by atoms with van der Waals surface area (Å²) in [5.74, 6) is 0.891. The highest BCUT2D eigenvalue weighted by Gasteiger charge is 2.32. The van der Waals surface area contributed by atoms with Crippen molar-refractivity contribution in [2.45, 2.75) is 33.7 Å². The standard InChI is InChI=1S/C17H23Cl2N5.C3H6/c1-11(2)21-24-12(3)13-9-14(18)15(19)10-16(13)20-17(24)23-7-5-22(4)6-8-23;1-3-2/h9-10,12H,5-8H2,1-4H3;3H,1H2,2H3. The Bertz CT molecular complexity index is 732. The topological polar surface area (TPSA) is 34.4 Å². The molecule has 148 valence electrons. The van der Waals surface area contributed by atoms with E-state index < -0.39 is 0 Å². The van der Waals surface area contributed by atoms with Crippen LogP contribution in [-0.4, -0.2) is 59.7 Å². The van der Waals surface area contributed by atoms with Gasteiger partial charge in [0, 0.05) is 37.5 Å². The van der Waals surface area contributed by atoms with E-state index in [0.29, 0.717) is 10.0 Å². The zero-order valence-corrected chi connectivity index (χ0v) is 18.3. The molecule has 3 rings (SSSR count). The van der Waals surface area contributed by atoms with Crippen LogP contribution in [0.2, 0.25) is 10.0 Å². The van der Waals surface area contributed by atoms with Gasteiger partial charge in [-0.05, 0) is 46.9 Å². The van der Waals surface area contributed by atoms with Gasteiger partial charge in [-0.3, -0.25) is 0 Å². The van der Waals surface area contributed by atoms with Gasteiger partial charge >= 0.3 is 0 Å². The van der Waals surface area contributed by atoms with Crippen molar-refractivity contribution < 1.29 is 0 Å². The Morgan fingerprint density at radius 3 is 2.30 bits per heavy atom. The first-order valence-electron chi connectivity index (χ1n) is 9.17. The molecule has 0 aromatic heterocycles. The van der Waals surface area contributed by atoms with Gasteiger partial charge in [0.15, 0.2) is 0 Å². The molecule has 5 nitrogen and oxygen atoms in total. The lowest BCUT2D eigenvalue weighted by atomic mass is 10.0. The number of benzene rings is 1. The maximum absolute atomic E-state index is 6.21. The van der Waals surface area contributed by atoms with Crippen molar-refractivity contribution in [2.24, 2.45) is 10.1 Å². The molecule has 1 aromatic rings. The van der Waals surface area contributed by atoms with Crippen molar-refractivity contribution in [3.8, 4) is 0 Å². The highest BCUT2D eigenvalue weighted by atomic mass is 35.5. The second kappa shape index (κ2) is 9.58. The highest BCUT2D eigenvalue weighted by Crippen LogP contribution is 2.40. The molecule has 1 saturated heterocycles. The Labute approximate surface area is 172 Å². The summed E-state index contributed by atoms with van der Waals surface area (Å²) in [6, 6.07) is 3.81. The quantitative estimate of drug-likeness (QED) is 0.472. The first-order valence-corrected chi connectivity index (χ1v) is 9.93. The lowest BCUT2D eigenvalue weighted by Gasteiger charge is -2.41. The van der Waals surface area contributed by atoms with Crippen LogP contribution in [0.25, 0.3) is 0 Å². The average molecular weight is 410 g/mol. The summed E-state index contributed by atoms with van der Waals surface area (Å²) >= 11 is 12.4. The number of hydrogen-bond donors (Lipinski definition) is 0. The number of fused-ring (bicyclic) bond motifs is 1. The minimum absolute atomic E-state index is 0.0526. The molecule has 0 radical (unpaired) electrons. The van der Waals surface area contributed by atoms with Gasteiger partial charge in [-0.25, -0.2) is 10.0 Å². The van der Waals surface area contributed by atoms with Gasteiger partial charge in [0.25, 0.3) is 0 Å². The first kappa shape index (κ1) is 21.7. The zero-order valence-electron chi connectivity index (χ0n) is 16.8. The summed E-state index contributed by atoms with van der Waals surface area (Å²) in [5, 5.41) is 7.83. The monoisotopic (exact) mass is 409 g/mol. The second-order valence-electron chi connectivity index (χ2n) is 7.00. The number of nitrogens with zero attached hydrogens (tertiary/aromatic N) is 5. The van der Waals surface area contributed by atoms with E-state index in [1.165, 1.54) is 0 Å². The summed E-state index contributed by atoms with van der Waals surface area (Å²) in [6.07, 6.45) is 1.75. The predicted molar refractivity (Wildman–Crippen MR) is 118 cm³/mol. The molecule has 0 N–H and O–H groups in total. The van der Waals surface area contributed by atoms with E-state index in [1.807, 2.05) is 37.9 Å². The van der Waals surface area contributed by atoms with Crippen LogP contribution in [0.5, 0.6) is 0 Å². The van der Waals surface area contributed by atoms with Crippen molar-refractivity contribution >= 4 is 40.6 Å². The third kappa shape index (κ3) is 5.24. The van der Waals surface area contributed by atoms with Crippen molar-refractivity contribution in [2.75, 3.05) is 33.2 Å². The molecule has 0 bridgehead atoms. The number of guanidine groups is 1. The Morgan fingerprint density at radius 1 is 1.19 bits per heavy atom. The fraction of sp³-hybridized carbons (Fsp3) is 0.500. The maximum atomic E-state index is 6.21. The summed E-state index contributed by atoms with van der Waals surface area (Å²) in [6.45, 7) is 15.3. The van der Waals surface area contributed by atoms with Gasteiger partial charge in [-0.1, -0.05) is 29.3 Å². The fourth-order valence-electron chi connectivity index (χ4n) is 3.02. The molecule has 1 atom stereocenters. The SMILES string of the molecule is C=CC.CC(C)=NN1C(N2CCN(C)CC2)=Nc2cc(Cl)c(Cl)cc2C1C. The summed E-state index contributed by atoms with van der Waals surface area (Å²) in [7, 11) is 2.14. The van der Waals surface area contributed by atoms with E-state index in [9.17, 15) is 0 Å². The van der Waals surface area contributed by atoms with E-state index in [2.05, 4.69) is 30.4 Å². The molecule has 27 heavy (non-hydrogen) atoms.